The van der Waals surface area contributed by atoms with Crippen molar-refractivity contribution in [3.63, 3.8) is 0 Å². The number of aryl methyl sites for hydroxylation is 1. The summed E-state index contributed by atoms with van der Waals surface area (Å²) < 4.78 is 65.2. The van der Waals surface area contributed by atoms with Crippen LogP contribution in [0.3, 0.4) is 0 Å². The average Bonchev–Trinajstić information content (AvgIpc) is 3.40. The lowest BCUT2D eigenvalue weighted by Gasteiger charge is -2.38. The van der Waals surface area contributed by atoms with Crippen LogP contribution in [0.2, 0.25) is 0 Å². The minimum absolute atomic E-state index is 0.0368. The number of ether oxygens (including phenoxy) is 1. The highest BCUT2D eigenvalue weighted by atomic mass is 19.4. The van der Waals surface area contributed by atoms with Crippen molar-refractivity contribution >= 4 is 0 Å². The van der Waals surface area contributed by atoms with E-state index < -0.39 is 34.6 Å². The van der Waals surface area contributed by atoms with Crippen LogP contribution in [0, 0.1) is 12.7 Å². The molecule has 5 rings (SSSR count). The molecule has 0 radical (unpaired) electrons. The number of hydrogen-bond acceptors (Lipinski definition) is 5. The van der Waals surface area contributed by atoms with Crippen LogP contribution in [0.4, 0.5) is 17.6 Å². The van der Waals surface area contributed by atoms with Crippen molar-refractivity contribution in [1.29, 1.82) is 0 Å². The Labute approximate surface area is 196 Å². The van der Waals surface area contributed by atoms with E-state index >= 15 is 0 Å². The van der Waals surface area contributed by atoms with Gasteiger partial charge in [0.05, 0.1) is 31.0 Å². The predicted molar refractivity (Wildman–Crippen MR) is 116 cm³/mol. The fourth-order valence-electron chi connectivity index (χ4n) is 5.01. The second-order valence-corrected chi connectivity index (χ2v) is 9.03. The number of likely N-dealkylation sites (tertiary alicyclic amines) is 1. The lowest BCUT2D eigenvalue weighted by molar-refractivity contribution is -0.153. The Balaban J connectivity index is 1.38. The minimum Gasteiger partial charge on any atom is -0.455 e. The van der Waals surface area contributed by atoms with Crippen molar-refractivity contribution in [1.82, 2.24) is 14.5 Å². The molecule has 0 unspecified atom stereocenters. The summed E-state index contributed by atoms with van der Waals surface area (Å²) >= 11 is 0. The van der Waals surface area contributed by atoms with Gasteiger partial charge in [-0.2, -0.15) is 13.2 Å². The lowest BCUT2D eigenvalue weighted by Crippen LogP contribution is -2.45. The summed E-state index contributed by atoms with van der Waals surface area (Å²) in [5, 5.41) is 0. The molecule has 1 fully saturated rings. The van der Waals surface area contributed by atoms with Gasteiger partial charge < -0.3 is 9.15 Å². The molecule has 0 saturated carbocycles. The van der Waals surface area contributed by atoms with E-state index in [1.807, 2.05) is 4.90 Å². The van der Waals surface area contributed by atoms with Crippen molar-refractivity contribution in [2.24, 2.45) is 0 Å². The van der Waals surface area contributed by atoms with E-state index in [4.69, 9.17) is 9.15 Å². The average molecular weight is 493 g/mol. The number of nitrogens with one attached hydrogen (secondary N) is 1. The second-order valence-electron chi connectivity index (χ2n) is 9.03. The van der Waals surface area contributed by atoms with Gasteiger partial charge in [0.15, 0.2) is 0 Å². The molecule has 0 bridgehead atoms. The van der Waals surface area contributed by atoms with Gasteiger partial charge in [-0.15, -0.1) is 0 Å². The van der Waals surface area contributed by atoms with Gasteiger partial charge in [-0.25, -0.2) is 9.18 Å². The maximum atomic E-state index is 14.4. The van der Waals surface area contributed by atoms with Gasteiger partial charge >= 0.3 is 11.9 Å². The lowest BCUT2D eigenvalue weighted by atomic mass is 9.85. The van der Waals surface area contributed by atoms with Crippen molar-refractivity contribution in [3.05, 3.63) is 90.9 Å². The number of halogens is 4. The van der Waals surface area contributed by atoms with Crippen molar-refractivity contribution < 1.29 is 26.7 Å². The molecule has 1 spiro atoms. The number of rotatable bonds is 4. The van der Waals surface area contributed by atoms with Crippen molar-refractivity contribution in [3.8, 4) is 0 Å². The summed E-state index contributed by atoms with van der Waals surface area (Å²) in [6.07, 6.45) is -3.72. The molecule has 11 heteroatoms. The Morgan fingerprint density at radius 3 is 2.49 bits per heavy atom. The van der Waals surface area contributed by atoms with E-state index in [1.54, 1.807) is 19.1 Å². The zero-order chi connectivity index (χ0) is 25.0. The summed E-state index contributed by atoms with van der Waals surface area (Å²) in [6, 6.07) is 6.88. The number of aromatic amines is 1. The molecule has 1 N–H and O–H groups in total. The normalized spacial score (nSPS) is 17.7. The number of nitrogens with zero attached hydrogens (tertiary/aromatic N) is 2. The number of aromatic nitrogens is 2. The molecule has 4 heterocycles. The SMILES string of the molecule is Cc1cccc(F)c1Cn1c2c(c(=O)[nH]c1=O)C1(CCN(Cc3ccc(C(F)(F)F)o3)CC1)OC2. The molecular weight excluding hydrogens is 470 g/mol. The number of H-pyrrole nitrogens is 1. The molecule has 7 nitrogen and oxygen atoms in total. The molecule has 0 aliphatic carbocycles. The van der Waals surface area contributed by atoms with E-state index in [0.717, 1.165) is 6.07 Å². The molecular formula is C24H23F4N3O4. The smallest absolute Gasteiger partial charge is 0.449 e. The standard InChI is InChI=1S/C24H23F4N3O4/c1-14-3-2-4-17(25)16(14)12-31-18-13-34-23(20(18)21(32)29-22(31)33)7-9-30(10-8-23)11-15-5-6-19(35-15)24(26,27)28/h2-6H,7-13H2,1H3,(H,29,32,33). The number of alkyl halides is 3. The van der Waals surface area contributed by atoms with Gasteiger partial charge in [-0.3, -0.25) is 19.2 Å². The Morgan fingerprint density at radius 2 is 1.83 bits per heavy atom. The summed E-state index contributed by atoms with van der Waals surface area (Å²) in [7, 11) is 0. The molecule has 3 aromatic rings. The quantitative estimate of drug-likeness (QED) is 0.562. The van der Waals surface area contributed by atoms with Crippen LogP contribution in [-0.2, 0) is 36.2 Å². The van der Waals surface area contributed by atoms with Crippen molar-refractivity contribution in [2.45, 2.75) is 51.2 Å². The van der Waals surface area contributed by atoms with E-state index in [0.29, 0.717) is 48.3 Å². The number of fused-ring (bicyclic) bond motifs is 2. The van der Waals surface area contributed by atoms with E-state index in [2.05, 4.69) is 4.98 Å². The van der Waals surface area contributed by atoms with Crippen LogP contribution < -0.4 is 11.2 Å². The Kier molecular flexibility index (Phi) is 5.71. The zero-order valence-electron chi connectivity index (χ0n) is 18.9. The van der Waals surface area contributed by atoms with Crippen molar-refractivity contribution in [2.75, 3.05) is 13.1 Å². The Morgan fingerprint density at radius 1 is 1.09 bits per heavy atom. The highest BCUT2D eigenvalue weighted by Gasteiger charge is 2.46. The summed E-state index contributed by atoms with van der Waals surface area (Å²) in [4.78, 5) is 29.8. The number of benzene rings is 1. The van der Waals surface area contributed by atoms with Crippen LogP contribution in [0.25, 0.3) is 0 Å². The molecule has 186 valence electrons. The molecule has 1 aromatic carbocycles. The Hall–Kier alpha value is -3.18. The van der Waals surface area contributed by atoms with Gasteiger partial charge in [0, 0.05) is 18.7 Å². The maximum absolute atomic E-state index is 14.4. The highest BCUT2D eigenvalue weighted by molar-refractivity contribution is 5.32. The highest BCUT2D eigenvalue weighted by Crippen LogP contribution is 2.42. The number of hydrogen-bond donors (Lipinski definition) is 1. The fourth-order valence-corrected chi connectivity index (χ4v) is 5.01. The second kappa shape index (κ2) is 8.49. The number of furan rings is 1. The summed E-state index contributed by atoms with van der Waals surface area (Å²) in [5.41, 5.74) is -0.244. The van der Waals surface area contributed by atoms with Crippen LogP contribution in [0.5, 0.6) is 0 Å². The monoisotopic (exact) mass is 493 g/mol. The first kappa shape index (κ1) is 23.6. The Bertz CT molecular complexity index is 1360. The maximum Gasteiger partial charge on any atom is 0.449 e. The first-order valence-corrected chi connectivity index (χ1v) is 11.2. The molecule has 35 heavy (non-hydrogen) atoms. The summed E-state index contributed by atoms with van der Waals surface area (Å²) in [5.74, 6) is -1.28. The van der Waals surface area contributed by atoms with Gasteiger partial charge in [0.25, 0.3) is 5.56 Å². The third-order valence-electron chi connectivity index (χ3n) is 6.90. The van der Waals surface area contributed by atoms with Crippen LogP contribution in [-0.4, -0.2) is 27.5 Å². The third-order valence-corrected chi connectivity index (χ3v) is 6.90. The van der Waals surface area contributed by atoms with Gasteiger partial charge in [-0.05, 0) is 43.5 Å². The van der Waals surface area contributed by atoms with Crippen LogP contribution in [0.15, 0.2) is 44.3 Å². The number of piperidine rings is 1. The van der Waals surface area contributed by atoms with E-state index in [-0.39, 0.29) is 25.5 Å². The molecule has 2 aromatic heterocycles. The van der Waals surface area contributed by atoms with Gasteiger partial charge in [0.1, 0.15) is 17.2 Å². The molecule has 1 saturated heterocycles. The van der Waals surface area contributed by atoms with Crippen LogP contribution >= 0.6 is 0 Å². The van der Waals surface area contributed by atoms with E-state index in [9.17, 15) is 27.2 Å². The molecule has 0 atom stereocenters. The molecule has 2 aliphatic rings. The van der Waals surface area contributed by atoms with E-state index in [1.165, 1.54) is 16.7 Å². The largest absolute Gasteiger partial charge is 0.455 e. The first-order chi connectivity index (χ1) is 16.6. The van der Waals surface area contributed by atoms with Crippen LogP contribution in [0.1, 0.15) is 46.7 Å². The molecule has 0 amide bonds. The molecule has 2 aliphatic heterocycles. The minimum atomic E-state index is -4.54. The predicted octanol–water partition coefficient (Wildman–Crippen LogP) is 3.67. The zero-order valence-corrected chi connectivity index (χ0v) is 18.9. The topological polar surface area (TPSA) is 80.5 Å². The first-order valence-electron chi connectivity index (χ1n) is 11.2. The third kappa shape index (κ3) is 4.23. The fraction of sp³-hybridized carbons (Fsp3) is 0.417. The van der Waals surface area contributed by atoms with Gasteiger partial charge in [-0.1, -0.05) is 12.1 Å². The summed E-state index contributed by atoms with van der Waals surface area (Å²) in [6.45, 7) is 2.84. The van der Waals surface area contributed by atoms with Gasteiger partial charge in [0.2, 0.25) is 5.76 Å².